The van der Waals surface area contributed by atoms with Crippen molar-refractivity contribution in [2.24, 2.45) is 0 Å². The van der Waals surface area contributed by atoms with Crippen LogP contribution in [-0.4, -0.2) is 30.0 Å². The Labute approximate surface area is 121 Å². The van der Waals surface area contributed by atoms with E-state index in [2.05, 4.69) is 32.4 Å². The molecule has 0 aliphatic rings. The Balaban J connectivity index is 1.89. The van der Waals surface area contributed by atoms with Gasteiger partial charge < -0.3 is 10.1 Å². The molecule has 0 amide bonds. The van der Waals surface area contributed by atoms with Crippen LogP contribution in [-0.2, 0) is 17.8 Å². The van der Waals surface area contributed by atoms with Crippen molar-refractivity contribution >= 4 is 15.9 Å². The molecule has 1 N–H and O–H groups in total. The summed E-state index contributed by atoms with van der Waals surface area (Å²) in [6.07, 6.45) is 2.01. The van der Waals surface area contributed by atoms with Gasteiger partial charge in [-0.05, 0) is 17.7 Å². The Morgan fingerprint density at radius 3 is 2.95 bits per heavy atom. The average Bonchev–Trinajstić information content (AvgIpc) is 2.85. The van der Waals surface area contributed by atoms with Gasteiger partial charge in [-0.15, -0.1) is 0 Å². The summed E-state index contributed by atoms with van der Waals surface area (Å²) in [5, 5.41) is 7.82. The maximum atomic E-state index is 4.98. The van der Waals surface area contributed by atoms with Crippen LogP contribution >= 0.6 is 15.9 Å². The number of nitrogens with zero attached hydrogens (tertiary/aromatic N) is 2. The zero-order valence-corrected chi connectivity index (χ0v) is 12.6. The topological polar surface area (TPSA) is 39.1 Å². The van der Waals surface area contributed by atoms with Crippen molar-refractivity contribution in [2.45, 2.75) is 13.1 Å². The summed E-state index contributed by atoms with van der Waals surface area (Å²) >= 11 is 3.55. The van der Waals surface area contributed by atoms with E-state index < -0.39 is 0 Å². The minimum absolute atomic E-state index is 0.720. The predicted molar refractivity (Wildman–Crippen MR) is 79.1 cm³/mol. The lowest BCUT2D eigenvalue weighted by molar-refractivity contribution is 0.199. The van der Waals surface area contributed by atoms with E-state index in [1.807, 2.05) is 35.1 Å². The first-order valence-electron chi connectivity index (χ1n) is 6.25. The molecule has 102 valence electrons. The van der Waals surface area contributed by atoms with Crippen molar-refractivity contribution in [3.05, 3.63) is 52.3 Å². The van der Waals surface area contributed by atoms with Gasteiger partial charge in [0.2, 0.25) is 0 Å². The molecule has 0 aliphatic heterocycles. The third kappa shape index (κ3) is 4.45. The van der Waals surface area contributed by atoms with Gasteiger partial charge in [0.15, 0.2) is 0 Å². The summed E-state index contributed by atoms with van der Waals surface area (Å²) in [6.45, 7) is 3.11. The van der Waals surface area contributed by atoms with E-state index in [4.69, 9.17) is 4.74 Å². The smallest absolute Gasteiger partial charge is 0.0762 e. The van der Waals surface area contributed by atoms with Crippen LogP contribution in [0.25, 0.3) is 0 Å². The molecule has 0 unspecified atom stereocenters. The molecule has 1 heterocycles. The summed E-state index contributed by atoms with van der Waals surface area (Å²) in [5.74, 6) is 0. The number of aromatic nitrogens is 2. The number of nitrogens with one attached hydrogen (secondary N) is 1. The molecule has 0 fully saturated rings. The minimum atomic E-state index is 0.720. The van der Waals surface area contributed by atoms with Gasteiger partial charge in [-0.3, -0.25) is 4.68 Å². The Morgan fingerprint density at radius 1 is 1.32 bits per heavy atom. The molecule has 19 heavy (non-hydrogen) atoms. The van der Waals surface area contributed by atoms with E-state index >= 15 is 0 Å². The zero-order valence-electron chi connectivity index (χ0n) is 11.0. The number of rotatable bonds is 7. The van der Waals surface area contributed by atoms with Gasteiger partial charge in [-0.25, -0.2) is 0 Å². The molecular weight excluding hydrogens is 306 g/mol. The molecule has 0 saturated heterocycles. The largest absolute Gasteiger partial charge is 0.383 e. The Bertz CT molecular complexity index is 513. The van der Waals surface area contributed by atoms with E-state index in [-0.39, 0.29) is 0 Å². The highest BCUT2D eigenvalue weighted by molar-refractivity contribution is 9.10. The zero-order chi connectivity index (χ0) is 13.5. The molecule has 4 nitrogen and oxygen atoms in total. The monoisotopic (exact) mass is 323 g/mol. The molecule has 0 aliphatic carbocycles. The molecule has 2 aromatic rings. The van der Waals surface area contributed by atoms with Crippen LogP contribution in [0.1, 0.15) is 11.3 Å². The molecule has 0 spiro atoms. The number of halogens is 1. The van der Waals surface area contributed by atoms with E-state index in [0.29, 0.717) is 0 Å². The lowest BCUT2D eigenvalue weighted by Crippen LogP contribution is -2.19. The van der Waals surface area contributed by atoms with Gasteiger partial charge in [0.25, 0.3) is 0 Å². The maximum absolute atomic E-state index is 4.98. The van der Waals surface area contributed by atoms with Crippen LogP contribution in [0, 0.1) is 0 Å². The lowest BCUT2D eigenvalue weighted by Gasteiger charge is -2.04. The molecule has 0 saturated carbocycles. The number of benzene rings is 1. The van der Waals surface area contributed by atoms with Crippen molar-refractivity contribution in [3.8, 4) is 0 Å². The lowest BCUT2D eigenvalue weighted by atomic mass is 10.2. The number of ether oxygens (including phenoxy) is 1. The fraction of sp³-hybridized carbons (Fsp3) is 0.357. The van der Waals surface area contributed by atoms with Gasteiger partial charge in [0.1, 0.15) is 0 Å². The molecule has 0 bridgehead atoms. The maximum Gasteiger partial charge on any atom is 0.0762 e. The standard InChI is InChI=1S/C14H18BrN3O/c1-19-9-7-16-10-13-6-8-18(17-13)11-12-4-2-3-5-14(12)15/h2-6,8,16H,7,9-11H2,1H3. The second-order valence-electron chi connectivity index (χ2n) is 4.27. The summed E-state index contributed by atoms with van der Waals surface area (Å²) < 4.78 is 8.05. The highest BCUT2D eigenvalue weighted by Crippen LogP contribution is 2.16. The molecule has 0 atom stereocenters. The summed E-state index contributed by atoms with van der Waals surface area (Å²) in [4.78, 5) is 0. The minimum Gasteiger partial charge on any atom is -0.383 e. The predicted octanol–water partition coefficient (Wildman–Crippen LogP) is 2.43. The Morgan fingerprint density at radius 2 is 2.16 bits per heavy atom. The van der Waals surface area contributed by atoms with Gasteiger partial charge in [-0.1, -0.05) is 34.1 Å². The van der Waals surface area contributed by atoms with Crippen molar-refractivity contribution in [1.29, 1.82) is 0 Å². The molecule has 5 heteroatoms. The highest BCUT2D eigenvalue weighted by atomic mass is 79.9. The third-order valence-electron chi connectivity index (χ3n) is 2.78. The van der Waals surface area contributed by atoms with Crippen LogP contribution < -0.4 is 5.32 Å². The fourth-order valence-corrected chi connectivity index (χ4v) is 2.19. The summed E-state index contributed by atoms with van der Waals surface area (Å²) in [6, 6.07) is 10.2. The van der Waals surface area contributed by atoms with Crippen molar-refractivity contribution in [2.75, 3.05) is 20.3 Å². The first kappa shape index (κ1) is 14.2. The van der Waals surface area contributed by atoms with E-state index in [1.165, 1.54) is 5.56 Å². The number of hydrogen-bond acceptors (Lipinski definition) is 3. The summed E-state index contributed by atoms with van der Waals surface area (Å²) in [5.41, 5.74) is 2.27. The third-order valence-corrected chi connectivity index (χ3v) is 3.55. The molecular formula is C14H18BrN3O. The SMILES string of the molecule is COCCNCc1ccn(Cc2ccccc2Br)n1. The molecule has 2 rings (SSSR count). The highest BCUT2D eigenvalue weighted by Gasteiger charge is 2.02. The van der Waals surface area contributed by atoms with E-state index in [1.54, 1.807) is 7.11 Å². The quantitative estimate of drug-likeness (QED) is 0.795. The van der Waals surface area contributed by atoms with Crippen LogP contribution in [0.2, 0.25) is 0 Å². The molecule has 1 aromatic heterocycles. The van der Waals surface area contributed by atoms with E-state index in [0.717, 1.165) is 36.4 Å². The fourth-order valence-electron chi connectivity index (χ4n) is 1.78. The molecule has 0 radical (unpaired) electrons. The number of methoxy groups -OCH3 is 1. The normalized spacial score (nSPS) is 10.8. The second-order valence-corrected chi connectivity index (χ2v) is 5.12. The molecule has 1 aromatic carbocycles. The van der Waals surface area contributed by atoms with Crippen molar-refractivity contribution in [3.63, 3.8) is 0 Å². The van der Waals surface area contributed by atoms with Crippen LogP contribution in [0.3, 0.4) is 0 Å². The first-order valence-corrected chi connectivity index (χ1v) is 7.04. The Kier molecular flexibility index (Phi) is 5.57. The van der Waals surface area contributed by atoms with Crippen molar-refractivity contribution < 1.29 is 4.74 Å². The van der Waals surface area contributed by atoms with Gasteiger partial charge in [-0.2, -0.15) is 5.10 Å². The summed E-state index contributed by atoms with van der Waals surface area (Å²) in [7, 11) is 1.70. The van der Waals surface area contributed by atoms with Crippen molar-refractivity contribution in [1.82, 2.24) is 15.1 Å². The van der Waals surface area contributed by atoms with Crippen LogP contribution in [0.15, 0.2) is 41.0 Å². The van der Waals surface area contributed by atoms with Gasteiger partial charge in [0.05, 0.1) is 18.8 Å². The van der Waals surface area contributed by atoms with Gasteiger partial charge in [0, 0.05) is 30.9 Å². The average molecular weight is 324 g/mol. The Hall–Kier alpha value is -1.17. The first-order chi connectivity index (χ1) is 9.29. The van der Waals surface area contributed by atoms with Crippen LogP contribution in [0.4, 0.5) is 0 Å². The second kappa shape index (κ2) is 7.43. The number of hydrogen-bond donors (Lipinski definition) is 1. The van der Waals surface area contributed by atoms with E-state index in [9.17, 15) is 0 Å². The van der Waals surface area contributed by atoms with Crippen LogP contribution in [0.5, 0.6) is 0 Å². The van der Waals surface area contributed by atoms with Gasteiger partial charge >= 0.3 is 0 Å².